The topological polar surface area (TPSA) is 61.4 Å². The predicted octanol–water partition coefficient (Wildman–Crippen LogP) is 13.3. The summed E-state index contributed by atoms with van der Waals surface area (Å²) in [5, 5.41) is 7.10. The van der Waals surface area contributed by atoms with Crippen molar-refractivity contribution < 1.29 is 0 Å². The maximum Gasteiger partial charge on any atom is 0.164 e. The van der Waals surface area contributed by atoms with Gasteiger partial charge in [-0.2, -0.15) is 0 Å². The molecule has 0 amide bonds. The fourth-order valence-corrected chi connectivity index (χ4v) is 8.89. The summed E-state index contributed by atoms with van der Waals surface area (Å²) in [5.74, 6) is 2.86. The first-order chi connectivity index (χ1) is 29.8. The van der Waals surface area contributed by atoms with Gasteiger partial charge in [0.05, 0.1) is 22.1 Å². The summed E-state index contributed by atoms with van der Waals surface area (Å²) in [7, 11) is 0. The van der Waals surface area contributed by atoms with E-state index in [2.05, 4.69) is 149 Å². The van der Waals surface area contributed by atoms with Gasteiger partial charge in [-0.15, -0.1) is 0 Å². The number of hydrogen-bond donors (Lipinski definition) is 0. The quantitative estimate of drug-likeness (QED) is 0.169. The van der Waals surface area contributed by atoms with E-state index in [4.69, 9.17) is 19.9 Å². The third kappa shape index (κ3) is 5.42. The van der Waals surface area contributed by atoms with Gasteiger partial charge in [0.1, 0.15) is 5.82 Å². The lowest BCUT2D eigenvalue weighted by atomic mass is 9.98. The number of rotatable bonds is 6. The Morgan fingerprint density at radius 3 is 1.57 bits per heavy atom. The van der Waals surface area contributed by atoms with Crippen LogP contribution in [0.2, 0.25) is 0 Å². The summed E-state index contributed by atoms with van der Waals surface area (Å²) in [5.41, 5.74) is 10.8. The molecule has 0 aliphatic heterocycles. The highest BCUT2D eigenvalue weighted by Crippen LogP contribution is 2.41. The van der Waals surface area contributed by atoms with Crippen LogP contribution in [0, 0.1) is 0 Å². The van der Waals surface area contributed by atoms with Gasteiger partial charge in [0, 0.05) is 55.5 Å². The molecule has 60 heavy (non-hydrogen) atoms. The van der Waals surface area contributed by atoms with Gasteiger partial charge >= 0.3 is 0 Å². The van der Waals surface area contributed by atoms with Gasteiger partial charge in [0.15, 0.2) is 17.5 Å². The number of fused-ring (bicyclic) bond motifs is 7. The second-order valence-corrected chi connectivity index (χ2v) is 15.1. The molecule has 4 aromatic heterocycles. The van der Waals surface area contributed by atoms with E-state index >= 15 is 0 Å². The zero-order valence-corrected chi connectivity index (χ0v) is 32.3. The lowest BCUT2D eigenvalue weighted by Crippen LogP contribution is -2.00. The number of para-hydroxylation sites is 2. The van der Waals surface area contributed by atoms with Crippen LogP contribution in [-0.4, -0.2) is 29.1 Å². The molecule has 0 aliphatic rings. The Kier molecular flexibility index (Phi) is 7.74. The maximum absolute atomic E-state index is 4.98. The minimum absolute atomic E-state index is 0.631. The van der Waals surface area contributed by atoms with Crippen molar-refractivity contribution in [3.8, 4) is 56.8 Å². The third-order valence-electron chi connectivity index (χ3n) is 11.6. The fraction of sp³-hybridized carbons (Fsp3) is 0. The highest BCUT2D eigenvalue weighted by molar-refractivity contribution is 6.17. The Morgan fingerprint density at radius 2 is 0.867 bits per heavy atom. The standard InChI is InChI=1S/C54H34N6/c1-3-15-36(16-4-1)51-56-52(37-17-5-2-6-18-37)58-53(57-51)38-26-29-40(30-27-38)59-47-24-12-10-21-44(47)50-41(22-13-25-49(50)59)39-28-31-48-45(34-39)43-20-9-11-23-46(43)60(48)54-42-19-8-7-14-35(42)32-33-55-54/h1-34H. The molecule has 4 heterocycles. The van der Waals surface area contributed by atoms with Gasteiger partial charge in [-0.05, 0) is 77.2 Å². The second-order valence-electron chi connectivity index (χ2n) is 15.1. The van der Waals surface area contributed by atoms with E-state index in [1.54, 1.807) is 0 Å². The average Bonchev–Trinajstić information content (AvgIpc) is 3.84. The third-order valence-corrected chi connectivity index (χ3v) is 11.6. The Morgan fingerprint density at radius 1 is 0.333 bits per heavy atom. The van der Waals surface area contributed by atoms with E-state index < -0.39 is 0 Å². The first-order valence-electron chi connectivity index (χ1n) is 20.1. The van der Waals surface area contributed by atoms with Crippen LogP contribution in [0.3, 0.4) is 0 Å². The van der Waals surface area contributed by atoms with Crippen LogP contribution in [0.25, 0.3) is 111 Å². The van der Waals surface area contributed by atoms with Crippen molar-refractivity contribution in [1.29, 1.82) is 0 Å². The van der Waals surface area contributed by atoms with Crippen LogP contribution in [0.5, 0.6) is 0 Å². The van der Waals surface area contributed by atoms with Gasteiger partial charge < -0.3 is 4.57 Å². The monoisotopic (exact) mass is 766 g/mol. The maximum atomic E-state index is 4.98. The zero-order chi connectivity index (χ0) is 39.6. The molecule has 0 N–H and O–H groups in total. The molecule has 0 unspecified atom stereocenters. The van der Waals surface area contributed by atoms with Crippen molar-refractivity contribution in [1.82, 2.24) is 29.1 Å². The van der Waals surface area contributed by atoms with Crippen molar-refractivity contribution in [2.75, 3.05) is 0 Å². The fourth-order valence-electron chi connectivity index (χ4n) is 8.89. The molecule has 0 aliphatic carbocycles. The Balaban J connectivity index is 0.997. The molecule has 0 saturated carbocycles. The highest BCUT2D eigenvalue weighted by Gasteiger charge is 2.20. The number of pyridine rings is 1. The van der Waals surface area contributed by atoms with Crippen LogP contribution in [0.1, 0.15) is 0 Å². The van der Waals surface area contributed by atoms with Crippen molar-refractivity contribution in [3.05, 3.63) is 206 Å². The summed E-state index contributed by atoms with van der Waals surface area (Å²) in [6, 6.07) is 70.2. The van der Waals surface area contributed by atoms with Gasteiger partial charge in [0.25, 0.3) is 0 Å². The molecular formula is C54H34N6. The first kappa shape index (κ1) is 33.9. The minimum atomic E-state index is 0.631. The molecule has 12 aromatic rings. The highest BCUT2D eigenvalue weighted by atomic mass is 15.1. The van der Waals surface area contributed by atoms with Crippen molar-refractivity contribution >= 4 is 54.4 Å². The largest absolute Gasteiger partial charge is 0.309 e. The molecular weight excluding hydrogens is 733 g/mol. The summed E-state index contributed by atoms with van der Waals surface area (Å²) >= 11 is 0. The second kappa shape index (κ2) is 13.7. The molecule has 0 fully saturated rings. The summed E-state index contributed by atoms with van der Waals surface area (Å²) in [6.45, 7) is 0. The predicted molar refractivity (Wildman–Crippen MR) is 246 cm³/mol. The molecule has 0 atom stereocenters. The normalized spacial score (nSPS) is 11.7. The Labute approximate surface area is 345 Å². The van der Waals surface area contributed by atoms with Gasteiger partial charge in [-0.1, -0.05) is 140 Å². The van der Waals surface area contributed by atoms with Crippen LogP contribution in [-0.2, 0) is 0 Å². The molecule has 8 aromatic carbocycles. The molecule has 0 saturated heterocycles. The van der Waals surface area contributed by atoms with Gasteiger partial charge in [0.2, 0.25) is 0 Å². The Hall–Kier alpha value is -8.22. The summed E-state index contributed by atoms with van der Waals surface area (Å²) < 4.78 is 4.68. The average molecular weight is 767 g/mol. The lowest BCUT2D eigenvalue weighted by molar-refractivity contribution is 1.07. The zero-order valence-electron chi connectivity index (χ0n) is 32.3. The molecule has 0 radical (unpaired) electrons. The van der Waals surface area contributed by atoms with Gasteiger partial charge in [-0.3, -0.25) is 4.57 Å². The van der Waals surface area contributed by atoms with Crippen molar-refractivity contribution in [2.24, 2.45) is 0 Å². The smallest absolute Gasteiger partial charge is 0.164 e. The lowest BCUT2D eigenvalue weighted by Gasteiger charge is -2.11. The number of nitrogens with zero attached hydrogens (tertiary/aromatic N) is 6. The van der Waals surface area contributed by atoms with Crippen molar-refractivity contribution in [2.45, 2.75) is 0 Å². The number of hydrogen-bond acceptors (Lipinski definition) is 4. The van der Waals surface area contributed by atoms with E-state index in [0.29, 0.717) is 17.5 Å². The van der Waals surface area contributed by atoms with Crippen LogP contribution < -0.4 is 0 Å². The summed E-state index contributed by atoms with van der Waals surface area (Å²) in [4.78, 5) is 19.8. The van der Waals surface area contributed by atoms with E-state index in [0.717, 1.165) is 55.6 Å². The number of aromatic nitrogens is 6. The molecule has 12 rings (SSSR count). The van der Waals surface area contributed by atoms with Gasteiger partial charge in [-0.25, -0.2) is 19.9 Å². The van der Waals surface area contributed by atoms with Crippen LogP contribution in [0.4, 0.5) is 0 Å². The molecule has 6 nitrogen and oxygen atoms in total. The molecule has 0 bridgehead atoms. The van der Waals surface area contributed by atoms with E-state index in [1.807, 2.05) is 66.9 Å². The van der Waals surface area contributed by atoms with Crippen LogP contribution >= 0.6 is 0 Å². The molecule has 0 spiro atoms. The Bertz CT molecular complexity index is 3520. The molecule has 6 heteroatoms. The molecule has 280 valence electrons. The van der Waals surface area contributed by atoms with Crippen LogP contribution in [0.15, 0.2) is 206 Å². The van der Waals surface area contributed by atoms with Crippen molar-refractivity contribution in [3.63, 3.8) is 0 Å². The number of benzene rings is 8. The van der Waals surface area contributed by atoms with E-state index in [1.165, 1.54) is 38.1 Å². The first-order valence-corrected chi connectivity index (χ1v) is 20.1. The van der Waals surface area contributed by atoms with E-state index in [-0.39, 0.29) is 0 Å². The van der Waals surface area contributed by atoms with E-state index in [9.17, 15) is 0 Å². The SMILES string of the molecule is c1ccc(-c2nc(-c3ccccc3)nc(-c3ccc(-n4c5ccccc5c5c(-c6ccc7c(c6)c6ccccc6n7-c6nccc7ccccc67)cccc54)cc3)n2)cc1. The minimum Gasteiger partial charge on any atom is -0.309 e. The summed E-state index contributed by atoms with van der Waals surface area (Å²) in [6.07, 6.45) is 1.91.